The van der Waals surface area contributed by atoms with Gasteiger partial charge >= 0.3 is 6.18 Å². The van der Waals surface area contributed by atoms with Crippen molar-refractivity contribution in [2.75, 3.05) is 0 Å². The number of aliphatic imine (C=N–C) groups is 1. The number of allylic oxidation sites excluding steroid dienone is 5. The summed E-state index contributed by atoms with van der Waals surface area (Å²) in [6.45, 7) is 0. The van der Waals surface area contributed by atoms with Crippen LogP contribution in [0.3, 0.4) is 0 Å². The Morgan fingerprint density at radius 1 is 1.07 bits per heavy atom. The van der Waals surface area contributed by atoms with Gasteiger partial charge in [0.05, 0.1) is 10.7 Å². The number of fused-ring (bicyclic) bond motifs is 2. The number of rotatable bonds is 3. The Labute approximate surface area is 173 Å². The van der Waals surface area contributed by atoms with Crippen molar-refractivity contribution < 1.29 is 13.2 Å². The third-order valence-corrected chi connectivity index (χ3v) is 5.13. The van der Waals surface area contributed by atoms with Gasteiger partial charge in [-0.2, -0.15) is 13.2 Å². The molecular formula is C20H12ClF3N6. The van der Waals surface area contributed by atoms with E-state index in [9.17, 15) is 13.2 Å². The van der Waals surface area contributed by atoms with Crippen molar-refractivity contribution in [3.63, 3.8) is 0 Å². The summed E-state index contributed by atoms with van der Waals surface area (Å²) >= 11 is 6.49. The Hall–Kier alpha value is -3.33. The second kappa shape index (κ2) is 6.88. The van der Waals surface area contributed by atoms with Crippen LogP contribution in [0.4, 0.5) is 13.2 Å². The molecule has 0 saturated carbocycles. The SMILES string of the molecule is FC(F)(F)Cc1nnc2c(Cl)c(C3=CCC4=NC(c5ncccn5)=CC4=C3)ccn12. The van der Waals surface area contributed by atoms with Crippen molar-refractivity contribution in [2.45, 2.75) is 19.0 Å². The van der Waals surface area contributed by atoms with Gasteiger partial charge in [0.2, 0.25) is 0 Å². The van der Waals surface area contributed by atoms with Gasteiger partial charge in [-0.05, 0) is 35.4 Å². The smallest absolute Gasteiger partial charge is 0.285 e. The molecule has 30 heavy (non-hydrogen) atoms. The van der Waals surface area contributed by atoms with Crippen molar-refractivity contribution in [3.05, 3.63) is 76.8 Å². The molecule has 0 fully saturated rings. The standard InChI is InChI=1S/C20H12ClF3N6/c21-17-13(4-7-30-16(10-20(22,23)24)28-29-19(17)30)11-2-3-14-12(8-11)9-15(27-14)18-25-5-1-6-26-18/h1-2,4-9H,3,10H2. The zero-order valence-corrected chi connectivity index (χ0v) is 16.0. The molecule has 6 nitrogen and oxygen atoms in total. The highest BCUT2D eigenvalue weighted by molar-refractivity contribution is 6.35. The van der Waals surface area contributed by atoms with Gasteiger partial charge in [-0.15, -0.1) is 10.2 Å². The molecule has 0 radical (unpaired) electrons. The van der Waals surface area contributed by atoms with Crippen molar-refractivity contribution in [3.8, 4) is 0 Å². The van der Waals surface area contributed by atoms with E-state index in [0.717, 1.165) is 16.9 Å². The molecule has 0 saturated heterocycles. The molecule has 10 heteroatoms. The maximum atomic E-state index is 12.7. The number of alkyl halides is 3. The second-order valence-electron chi connectivity index (χ2n) is 6.77. The van der Waals surface area contributed by atoms with E-state index in [1.165, 1.54) is 10.6 Å². The van der Waals surface area contributed by atoms with Crippen molar-refractivity contribution in [1.29, 1.82) is 0 Å². The summed E-state index contributed by atoms with van der Waals surface area (Å²) in [5.74, 6) is 0.338. The first-order valence-corrected chi connectivity index (χ1v) is 9.35. The van der Waals surface area contributed by atoms with Crippen LogP contribution in [-0.2, 0) is 6.42 Å². The molecule has 4 heterocycles. The van der Waals surface area contributed by atoms with Crippen LogP contribution < -0.4 is 0 Å². The fourth-order valence-corrected chi connectivity index (χ4v) is 3.72. The van der Waals surface area contributed by atoms with Crippen LogP contribution in [0, 0.1) is 0 Å². The minimum Gasteiger partial charge on any atom is -0.285 e. The maximum absolute atomic E-state index is 12.7. The predicted molar refractivity (Wildman–Crippen MR) is 106 cm³/mol. The zero-order chi connectivity index (χ0) is 20.9. The third-order valence-electron chi connectivity index (χ3n) is 4.76. The summed E-state index contributed by atoms with van der Waals surface area (Å²) < 4.78 is 39.5. The average molecular weight is 429 g/mol. The molecule has 0 spiro atoms. The predicted octanol–water partition coefficient (Wildman–Crippen LogP) is 4.49. The Morgan fingerprint density at radius 2 is 1.87 bits per heavy atom. The first-order chi connectivity index (χ1) is 14.4. The van der Waals surface area contributed by atoms with E-state index >= 15 is 0 Å². The summed E-state index contributed by atoms with van der Waals surface area (Å²) in [5.41, 5.74) is 4.19. The molecule has 1 aliphatic heterocycles. The Balaban J connectivity index is 1.50. The highest BCUT2D eigenvalue weighted by Gasteiger charge is 2.31. The van der Waals surface area contributed by atoms with Crippen LogP contribution in [0.25, 0.3) is 16.9 Å². The van der Waals surface area contributed by atoms with E-state index in [1.807, 2.05) is 18.2 Å². The van der Waals surface area contributed by atoms with Gasteiger partial charge in [-0.1, -0.05) is 17.7 Å². The summed E-state index contributed by atoms with van der Waals surface area (Å²) in [6.07, 6.45) is 5.66. The van der Waals surface area contributed by atoms with Crippen LogP contribution in [-0.4, -0.2) is 36.5 Å². The highest BCUT2D eigenvalue weighted by Crippen LogP contribution is 2.35. The van der Waals surface area contributed by atoms with E-state index < -0.39 is 12.6 Å². The number of pyridine rings is 1. The summed E-state index contributed by atoms with van der Waals surface area (Å²) in [5, 5.41) is 7.76. The normalized spacial score (nSPS) is 16.1. The highest BCUT2D eigenvalue weighted by atomic mass is 35.5. The number of halogens is 4. The van der Waals surface area contributed by atoms with Gasteiger partial charge in [0.1, 0.15) is 17.9 Å². The molecule has 3 aromatic rings. The van der Waals surface area contributed by atoms with Crippen molar-refractivity contribution in [1.82, 2.24) is 24.6 Å². The minimum atomic E-state index is -4.38. The number of hydrogen-bond acceptors (Lipinski definition) is 5. The Kier molecular flexibility index (Phi) is 4.28. The average Bonchev–Trinajstić information content (AvgIpc) is 3.32. The molecule has 0 amide bonds. The first-order valence-electron chi connectivity index (χ1n) is 8.97. The lowest BCUT2D eigenvalue weighted by atomic mass is 9.94. The van der Waals surface area contributed by atoms with Gasteiger partial charge in [0, 0.05) is 30.6 Å². The molecule has 0 bridgehead atoms. The lowest BCUT2D eigenvalue weighted by Crippen LogP contribution is -2.14. The van der Waals surface area contributed by atoms with Crippen LogP contribution in [0.15, 0.2) is 59.5 Å². The zero-order valence-electron chi connectivity index (χ0n) is 15.2. The molecule has 3 aromatic heterocycles. The molecule has 2 aliphatic rings. The van der Waals surface area contributed by atoms with Gasteiger partial charge in [0.15, 0.2) is 11.5 Å². The van der Waals surface area contributed by atoms with E-state index in [1.54, 1.807) is 24.5 Å². The fraction of sp³-hybridized carbons (Fsp3) is 0.150. The maximum Gasteiger partial charge on any atom is 0.396 e. The molecule has 0 aromatic carbocycles. The van der Waals surface area contributed by atoms with E-state index in [-0.39, 0.29) is 16.5 Å². The first kappa shape index (κ1) is 18.7. The van der Waals surface area contributed by atoms with Gasteiger partial charge in [-0.3, -0.25) is 4.40 Å². The largest absolute Gasteiger partial charge is 0.396 e. The van der Waals surface area contributed by atoms with E-state index in [0.29, 0.717) is 23.5 Å². The monoisotopic (exact) mass is 428 g/mol. The van der Waals surface area contributed by atoms with Crippen molar-refractivity contribution >= 4 is 34.2 Å². The number of nitrogens with zero attached hydrogens (tertiary/aromatic N) is 6. The molecule has 1 aliphatic carbocycles. The number of hydrogen-bond donors (Lipinski definition) is 0. The van der Waals surface area contributed by atoms with Gasteiger partial charge in [-0.25, -0.2) is 15.0 Å². The molecule has 0 N–H and O–H groups in total. The summed E-state index contributed by atoms with van der Waals surface area (Å²) in [4.78, 5) is 13.0. The summed E-state index contributed by atoms with van der Waals surface area (Å²) in [7, 11) is 0. The molecule has 150 valence electrons. The van der Waals surface area contributed by atoms with Gasteiger partial charge < -0.3 is 0 Å². The van der Waals surface area contributed by atoms with Crippen LogP contribution in [0.5, 0.6) is 0 Å². The second-order valence-corrected chi connectivity index (χ2v) is 7.15. The Bertz CT molecular complexity index is 1290. The lowest BCUT2D eigenvalue weighted by molar-refractivity contribution is -0.128. The van der Waals surface area contributed by atoms with E-state index in [2.05, 4.69) is 25.2 Å². The molecule has 0 atom stereocenters. The molecular weight excluding hydrogens is 417 g/mol. The summed E-state index contributed by atoms with van der Waals surface area (Å²) in [6, 6.07) is 3.41. The Morgan fingerprint density at radius 3 is 2.63 bits per heavy atom. The molecule has 0 unspecified atom stereocenters. The lowest BCUT2D eigenvalue weighted by Gasteiger charge is -2.13. The minimum absolute atomic E-state index is 0.188. The molecule has 5 rings (SSSR count). The van der Waals surface area contributed by atoms with Gasteiger partial charge in [0.25, 0.3) is 0 Å². The third kappa shape index (κ3) is 3.30. The fourth-order valence-electron chi connectivity index (χ4n) is 3.42. The van der Waals surface area contributed by atoms with E-state index in [4.69, 9.17) is 11.6 Å². The van der Waals surface area contributed by atoms with Crippen LogP contribution >= 0.6 is 11.6 Å². The van der Waals surface area contributed by atoms with Crippen molar-refractivity contribution in [2.24, 2.45) is 4.99 Å². The van der Waals surface area contributed by atoms with Crippen LogP contribution in [0.1, 0.15) is 23.6 Å². The quantitative estimate of drug-likeness (QED) is 0.616. The van der Waals surface area contributed by atoms with Crippen LogP contribution in [0.2, 0.25) is 5.02 Å². The number of aromatic nitrogens is 5. The topological polar surface area (TPSA) is 68.3 Å².